The lowest BCUT2D eigenvalue weighted by molar-refractivity contribution is -0.259. The van der Waals surface area contributed by atoms with E-state index in [-0.39, 0.29) is 30.6 Å². The number of hydrogen-bond donors (Lipinski definition) is 3. The van der Waals surface area contributed by atoms with Crippen molar-refractivity contribution in [1.82, 2.24) is 14.5 Å². The first kappa shape index (κ1) is 36.0. The van der Waals surface area contributed by atoms with Gasteiger partial charge < -0.3 is 34.9 Å². The van der Waals surface area contributed by atoms with E-state index in [0.717, 1.165) is 23.8 Å². The molecule has 270 valence electrons. The third-order valence-corrected chi connectivity index (χ3v) is 10.7. The summed E-state index contributed by atoms with van der Waals surface area (Å²) in [6.07, 6.45) is 0.161. The molecule has 1 aliphatic heterocycles. The van der Waals surface area contributed by atoms with Gasteiger partial charge in [0.1, 0.15) is 36.8 Å². The molecule has 1 amide bonds. The number of aromatic nitrogens is 2. The van der Waals surface area contributed by atoms with Crippen molar-refractivity contribution in [3.8, 4) is 11.3 Å². The van der Waals surface area contributed by atoms with Crippen molar-refractivity contribution in [2.45, 2.75) is 95.4 Å². The standard InChI is InChI=1S/C37H45F3N4O6/c1-35(2,3)37(34-42-27(25-15-23(39)9-10-26(25)40)20-43(34)19-22-7-5-4-6-8-22)17-29(37)44(14-11-24(41)18-38)30(46)21-49-33-28(45)16-36(12-13-36)31(50-33)32(47)48/h4-10,15,20,24,28-29,31,33,45H,11-14,16-19,21,41H2,1-3H3,(H,47,48)/t24-,28+,29?,31+,33?,37?/m0/s1. The van der Waals surface area contributed by atoms with Crippen molar-refractivity contribution in [2.75, 3.05) is 19.8 Å². The van der Waals surface area contributed by atoms with E-state index in [4.69, 9.17) is 20.2 Å². The molecule has 3 aliphatic rings. The maximum Gasteiger partial charge on any atom is 0.333 e. The molecule has 2 aromatic carbocycles. The van der Waals surface area contributed by atoms with Crippen LogP contribution in [0.4, 0.5) is 13.2 Å². The van der Waals surface area contributed by atoms with Crippen LogP contribution < -0.4 is 5.73 Å². The summed E-state index contributed by atoms with van der Waals surface area (Å²) in [6, 6.07) is 11.5. The number of amides is 1. The summed E-state index contributed by atoms with van der Waals surface area (Å²) in [5, 5.41) is 20.5. The zero-order valence-electron chi connectivity index (χ0n) is 28.5. The molecule has 3 fully saturated rings. The van der Waals surface area contributed by atoms with Crippen molar-refractivity contribution in [1.29, 1.82) is 0 Å². The Balaban J connectivity index is 1.33. The van der Waals surface area contributed by atoms with E-state index in [9.17, 15) is 28.6 Å². The minimum atomic E-state index is -1.32. The van der Waals surface area contributed by atoms with E-state index in [0.29, 0.717) is 31.6 Å². The number of imidazole rings is 1. The number of rotatable bonds is 13. The molecule has 0 bridgehead atoms. The molecule has 50 heavy (non-hydrogen) atoms. The Kier molecular flexibility index (Phi) is 9.90. The third-order valence-electron chi connectivity index (χ3n) is 10.7. The lowest BCUT2D eigenvalue weighted by Crippen LogP contribution is -2.51. The smallest absolute Gasteiger partial charge is 0.333 e. The van der Waals surface area contributed by atoms with Crippen LogP contribution in [-0.2, 0) is 31.0 Å². The van der Waals surface area contributed by atoms with Crippen molar-refractivity contribution in [3.05, 3.63) is 77.8 Å². The highest BCUT2D eigenvalue weighted by Gasteiger charge is 2.67. The Hall–Kier alpha value is -3.78. The molecule has 6 atom stereocenters. The molecule has 2 aliphatic carbocycles. The number of halogens is 3. The minimum absolute atomic E-state index is 0.00764. The molecule has 1 spiro atoms. The predicted molar refractivity (Wildman–Crippen MR) is 177 cm³/mol. The zero-order valence-corrected chi connectivity index (χ0v) is 28.5. The van der Waals surface area contributed by atoms with Crippen LogP contribution in [0.25, 0.3) is 11.3 Å². The maximum atomic E-state index is 15.1. The second-order valence-corrected chi connectivity index (χ2v) is 15.1. The summed E-state index contributed by atoms with van der Waals surface area (Å²) in [5.41, 5.74) is 5.23. The fraction of sp³-hybridized carbons (Fsp3) is 0.541. The second kappa shape index (κ2) is 13.7. The first-order valence-electron chi connectivity index (χ1n) is 17.0. The third kappa shape index (κ3) is 6.92. The number of alkyl halides is 1. The molecule has 13 heteroatoms. The molecule has 3 aromatic rings. The fourth-order valence-electron chi connectivity index (χ4n) is 7.66. The molecule has 0 radical (unpaired) electrons. The van der Waals surface area contributed by atoms with Gasteiger partial charge in [-0.1, -0.05) is 51.1 Å². The van der Waals surface area contributed by atoms with Gasteiger partial charge in [0.25, 0.3) is 0 Å². The van der Waals surface area contributed by atoms with Gasteiger partial charge in [-0.15, -0.1) is 0 Å². The van der Waals surface area contributed by atoms with Crippen LogP contribution in [0.1, 0.15) is 64.3 Å². The van der Waals surface area contributed by atoms with Crippen LogP contribution in [0, 0.1) is 22.5 Å². The number of carboxylic acids is 1. The molecule has 2 saturated carbocycles. The molecule has 3 unspecified atom stereocenters. The zero-order chi connectivity index (χ0) is 36.0. The SMILES string of the molecule is CC(C)(C)C1(c2nc(-c3cc(F)ccc3F)cn2Cc2ccccc2)CC1N(CC[C@H](N)CF)C(=O)COC1O[C@H](C(=O)O)C2(CC2)C[C@H]1O. The maximum absolute atomic E-state index is 15.1. The summed E-state index contributed by atoms with van der Waals surface area (Å²) in [6.45, 7) is 5.23. The number of nitrogens with two attached hydrogens (primary N) is 1. The van der Waals surface area contributed by atoms with Gasteiger partial charge >= 0.3 is 5.97 Å². The molecule has 4 N–H and O–H groups in total. The number of aliphatic hydroxyl groups excluding tert-OH is 1. The van der Waals surface area contributed by atoms with E-state index < -0.39 is 83.6 Å². The van der Waals surface area contributed by atoms with Crippen LogP contribution in [0.15, 0.2) is 54.7 Å². The Morgan fingerprint density at radius 1 is 1.16 bits per heavy atom. The number of hydrogen-bond acceptors (Lipinski definition) is 7. The number of nitrogens with zero attached hydrogens (tertiary/aromatic N) is 3. The highest BCUT2D eigenvalue weighted by Crippen LogP contribution is 2.62. The van der Waals surface area contributed by atoms with Crippen LogP contribution in [0.5, 0.6) is 0 Å². The molecular weight excluding hydrogens is 653 g/mol. The number of aliphatic carboxylic acids is 1. The van der Waals surface area contributed by atoms with Crippen molar-refractivity contribution < 1.29 is 42.4 Å². The van der Waals surface area contributed by atoms with Gasteiger partial charge in [0.15, 0.2) is 12.4 Å². The van der Waals surface area contributed by atoms with Crippen molar-refractivity contribution >= 4 is 11.9 Å². The van der Waals surface area contributed by atoms with E-state index in [2.05, 4.69) is 0 Å². The van der Waals surface area contributed by atoms with Crippen molar-refractivity contribution in [3.63, 3.8) is 0 Å². The van der Waals surface area contributed by atoms with Crippen LogP contribution in [0.3, 0.4) is 0 Å². The van der Waals surface area contributed by atoms with Crippen LogP contribution in [0.2, 0.25) is 0 Å². The van der Waals surface area contributed by atoms with Gasteiger partial charge in [-0.25, -0.2) is 22.9 Å². The summed E-state index contributed by atoms with van der Waals surface area (Å²) in [5.74, 6) is -2.27. The topological polar surface area (TPSA) is 140 Å². The molecule has 1 aromatic heterocycles. The normalized spacial score (nSPS) is 26.1. The monoisotopic (exact) mass is 698 g/mol. The number of ether oxygens (including phenoxy) is 2. The summed E-state index contributed by atoms with van der Waals surface area (Å²) in [7, 11) is 0. The Labute approximate surface area is 289 Å². The lowest BCUT2D eigenvalue weighted by atomic mass is 9.76. The van der Waals surface area contributed by atoms with Gasteiger partial charge in [0.2, 0.25) is 5.91 Å². The largest absolute Gasteiger partial charge is 0.479 e. The Morgan fingerprint density at radius 3 is 2.52 bits per heavy atom. The number of benzene rings is 2. The number of carbonyl (C=O) groups excluding carboxylic acids is 1. The Bertz CT molecular complexity index is 1710. The van der Waals surface area contributed by atoms with Gasteiger partial charge in [-0.05, 0) is 61.3 Å². The highest BCUT2D eigenvalue weighted by atomic mass is 19.1. The first-order chi connectivity index (χ1) is 23.7. The Morgan fingerprint density at radius 2 is 1.88 bits per heavy atom. The predicted octanol–water partition coefficient (Wildman–Crippen LogP) is 4.81. The molecule has 1 saturated heterocycles. The molecular formula is C37H45F3N4O6. The number of carbonyl (C=O) groups is 2. The van der Waals surface area contributed by atoms with Crippen molar-refractivity contribution in [2.24, 2.45) is 16.6 Å². The van der Waals surface area contributed by atoms with E-state index in [1.165, 1.54) is 0 Å². The highest BCUT2D eigenvalue weighted by molar-refractivity contribution is 5.79. The molecule has 10 nitrogen and oxygen atoms in total. The quantitative estimate of drug-likeness (QED) is 0.231. The van der Waals surface area contributed by atoms with E-state index in [1.807, 2.05) is 55.7 Å². The lowest BCUT2D eigenvalue weighted by Gasteiger charge is -2.38. The van der Waals surface area contributed by atoms with Gasteiger partial charge in [0.05, 0.1) is 11.1 Å². The molecule has 2 heterocycles. The van der Waals surface area contributed by atoms with Gasteiger partial charge in [0, 0.05) is 42.3 Å². The molecule has 6 rings (SSSR count). The summed E-state index contributed by atoms with van der Waals surface area (Å²) < 4.78 is 56.3. The number of aliphatic hydroxyl groups is 1. The van der Waals surface area contributed by atoms with Crippen LogP contribution in [-0.4, -0.2) is 86.9 Å². The summed E-state index contributed by atoms with van der Waals surface area (Å²) >= 11 is 0. The van der Waals surface area contributed by atoms with Gasteiger partial charge in [-0.3, -0.25) is 4.79 Å². The average Bonchev–Trinajstić information content (AvgIpc) is 3.97. The van der Waals surface area contributed by atoms with Gasteiger partial charge in [-0.2, -0.15) is 0 Å². The average molecular weight is 699 g/mol. The number of carboxylic acid groups (broad SMARTS) is 1. The second-order valence-electron chi connectivity index (χ2n) is 15.1. The fourth-order valence-corrected chi connectivity index (χ4v) is 7.66. The summed E-state index contributed by atoms with van der Waals surface area (Å²) in [4.78, 5) is 32.5. The minimum Gasteiger partial charge on any atom is -0.479 e. The first-order valence-corrected chi connectivity index (χ1v) is 17.0. The van der Waals surface area contributed by atoms with Crippen LogP contribution >= 0.6 is 0 Å². The van der Waals surface area contributed by atoms with E-state index in [1.54, 1.807) is 11.1 Å². The van der Waals surface area contributed by atoms with E-state index >= 15 is 4.39 Å².